The molecular formula is C17H25N3O3. The molecule has 0 radical (unpaired) electrons. The molecule has 0 aromatic heterocycles. The lowest BCUT2D eigenvalue weighted by Gasteiger charge is -2.23. The van der Waals surface area contributed by atoms with Crippen LogP contribution in [0.5, 0.6) is 0 Å². The molecule has 0 spiro atoms. The molecule has 0 bridgehead atoms. The maximum Gasteiger partial charge on any atom is 0.407 e. The van der Waals surface area contributed by atoms with E-state index in [-0.39, 0.29) is 18.4 Å². The van der Waals surface area contributed by atoms with Gasteiger partial charge in [0.25, 0.3) is 0 Å². The van der Waals surface area contributed by atoms with Gasteiger partial charge < -0.3 is 20.7 Å². The highest BCUT2D eigenvalue weighted by Crippen LogP contribution is 2.04. The summed E-state index contributed by atoms with van der Waals surface area (Å²) in [6.07, 6.45) is 2.23. The zero-order valence-corrected chi connectivity index (χ0v) is 13.3. The minimum atomic E-state index is -0.526. The first-order chi connectivity index (χ1) is 11.3. The van der Waals surface area contributed by atoms with Crippen LogP contribution in [0.1, 0.15) is 18.4 Å². The lowest BCUT2D eigenvalue weighted by atomic mass is 10.1. The van der Waals surface area contributed by atoms with E-state index in [1.165, 1.54) is 5.56 Å². The Bertz CT molecular complexity index is 487. The molecule has 1 aromatic rings. The third kappa shape index (κ3) is 6.80. The molecule has 0 aliphatic carbocycles. The first-order valence-electron chi connectivity index (χ1n) is 8.17. The number of alkyl carbamates (subject to hydrolysis) is 1. The number of nitrogens with one attached hydrogen (secondary N) is 3. The summed E-state index contributed by atoms with van der Waals surface area (Å²) in [7, 11) is 0. The number of aryl methyl sites for hydroxylation is 1. The zero-order chi connectivity index (χ0) is 16.3. The van der Waals surface area contributed by atoms with Crippen LogP contribution in [0.15, 0.2) is 30.3 Å². The van der Waals surface area contributed by atoms with E-state index in [4.69, 9.17) is 4.74 Å². The highest BCUT2D eigenvalue weighted by molar-refractivity contribution is 5.88. The van der Waals surface area contributed by atoms with Crippen molar-refractivity contribution < 1.29 is 14.3 Å². The van der Waals surface area contributed by atoms with Crippen molar-refractivity contribution in [2.75, 3.05) is 32.8 Å². The molecule has 1 heterocycles. The quantitative estimate of drug-likeness (QED) is 0.620. The Kier molecular flexibility index (Phi) is 7.56. The van der Waals surface area contributed by atoms with Gasteiger partial charge in [-0.15, -0.1) is 0 Å². The van der Waals surface area contributed by atoms with Crippen molar-refractivity contribution in [3.05, 3.63) is 35.9 Å². The molecule has 6 nitrogen and oxygen atoms in total. The minimum Gasteiger partial charge on any atom is -0.450 e. The maximum atomic E-state index is 11.9. The van der Waals surface area contributed by atoms with E-state index in [0.29, 0.717) is 13.2 Å². The number of ether oxygens (including phenoxy) is 1. The molecule has 1 amide bonds. The van der Waals surface area contributed by atoms with Crippen LogP contribution >= 0.6 is 0 Å². The van der Waals surface area contributed by atoms with E-state index < -0.39 is 6.09 Å². The van der Waals surface area contributed by atoms with Gasteiger partial charge in [-0.3, -0.25) is 4.79 Å². The number of carbonyl (C=O) groups is 2. The SMILES string of the molecule is O=C(NCC(=O)C1CNCCN1)OCCCCc1ccccc1. The number of rotatable bonds is 8. The molecule has 0 saturated carbocycles. The number of Topliss-reactive ketones (excluding diaryl/α,β-unsaturated/α-hetero) is 1. The van der Waals surface area contributed by atoms with Crippen LogP contribution in [-0.2, 0) is 16.0 Å². The summed E-state index contributed by atoms with van der Waals surface area (Å²) in [6.45, 7) is 2.61. The predicted octanol–water partition coefficient (Wildman–Crippen LogP) is 0.866. The molecule has 1 aromatic carbocycles. The van der Waals surface area contributed by atoms with Crippen LogP contribution in [0.4, 0.5) is 4.79 Å². The number of piperazine rings is 1. The van der Waals surface area contributed by atoms with Crippen molar-refractivity contribution in [2.45, 2.75) is 25.3 Å². The third-order valence-corrected chi connectivity index (χ3v) is 3.77. The van der Waals surface area contributed by atoms with Crippen molar-refractivity contribution in [2.24, 2.45) is 0 Å². The van der Waals surface area contributed by atoms with Gasteiger partial charge in [0.1, 0.15) is 0 Å². The van der Waals surface area contributed by atoms with Crippen LogP contribution in [0, 0.1) is 0 Å². The summed E-state index contributed by atoms with van der Waals surface area (Å²) in [5.74, 6) is -0.0294. The third-order valence-electron chi connectivity index (χ3n) is 3.77. The molecule has 6 heteroatoms. The fraction of sp³-hybridized carbons (Fsp3) is 0.529. The average Bonchev–Trinajstić information content (AvgIpc) is 2.61. The van der Waals surface area contributed by atoms with Crippen molar-refractivity contribution in [3.63, 3.8) is 0 Å². The molecule has 1 saturated heterocycles. The summed E-state index contributed by atoms with van der Waals surface area (Å²) in [6, 6.07) is 9.99. The minimum absolute atomic E-state index is 0.00218. The Hall–Kier alpha value is -1.92. The number of hydrogen-bond acceptors (Lipinski definition) is 5. The largest absolute Gasteiger partial charge is 0.450 e. The van der Waals surface area contributed by atoms with E-state index in [0.717, 1.165) is 32.4 Å². The molecular weight excluding hydrogens is 294 g/mol. The number of hydrogen-bond donors (Lipinski definition) is 3. The molecule has 1 aliphatic heterocycles. The normalized spacial score (nSPS) is 17.5. The number of benzene rings is 1. The van der Waals surface area contributed by atoms with Gasteiger partial charge in [0, 0.05) is 19.6 Å². The van der Waals surface area contributed by atoms with Crippen LogP contribution in [-0.4, -0.2) is 50.7 Å². The Balaban J connectivity index is 1.50. The molecule has 3 N–H and O–H groups in total. The number of carbonyl (C=O) groups excluding carboxylic acids is 2. The number of amides is 1. The van der Waals surface area contributed by atoms with Crippen molar-refractivity contribution in [1.82, 2.24) is 16.0 Å². The first-order valence-corrected chi connectivity index (χ1v) is 8.17. The standard InChI is InChI=1S/C17H25N3O3/c21-16(15-12-18-9-10-19-15)13-20-17(22)23-11-5-4-8-14-6-2-1-3-7-14/h1-3,6-7,15,18-19H,4-5,8-13H2,(H,20,22). The summed E-state index contributed by atoms with van der Waals surface area (Å²) in [4.78, 5) is 23.4. The van der Waals surface area contributed by atoms with Gasteiger partial charge in [-0.1, -0.05) is 30.3 Å². The Labute approximate surface area is 137 Å². The van der Waals surface area contributed by atoms with Crippen molar-refractivity contribution >= 4 is 11.9 Å². The maximum absolute atomic E-state index is 11.9. The van der Waals surface area contributed by atoms with E-state index in [2.05, 4.69) is 28.1 Å². The average molecular weight is 319 g/mol. The van der Waals surface area contributed by atoms with Gasteiger partial charge in [-0.05, 0) is 24.8 Å². The van der Waals surface area contributed by atoms with Gasteiger partial charge in [0.05, 0.1) is 19.2 Å². The highest BCUT2D eigenvalue weighted by Gasteiger charge is 2.20. The van der Waals surface area contributed by atoms with Gasteiger partial charge >= 0.3 is 6.09 Å². The second-order valence-electron chi connectivity index (χ2n) is 5.61. The summed E-state index contributed by atoms with van der Waals surface area (Å²) >= 11 is 0. The van der Waals surface area contributed by atoms with E-state index >= 15 is 0 Å². The fourth-order valence-corrected chi connectivity index (χ4v) is 2.46. The topological polar surface area (TPSA) is 79.5 Å². The molecule has 126 valence electrons. The number of ketones is 1. The summed E-state index contributed by atoms with van der Waals surface area (Å²) in [5.41, 5.74) is 1.29. The van der Waals surface area contributed by atoms with Crippen molar-refractivity contribution in [1.29, 1.82) is 0 Å². The molecule has 1 fully saturated rings. The predicted molar refractivity (Wildman–Crippen MR) is 88.4 cm³/mol. The van der Waals surface area contributed by atoms with E-state index in [1.54, 1.807) is 0 Å². The Morgan fingerprint density at radius 1 is 1.17 bits per heavy atom. The molecule has 1 aliphatic rings. The Morgan fingerprint density at radius 3 is 2.74 bits per heavy atom. The lowest BCUT2D eigenvalue weighted by Crippen LogP contribution is -2.54. The van der Waals surface area contributed by atoms with Gasteiger partial charge in [0.2, 0.25) is 0 Å². The second-order valence-corrected chi connectivity index (χ2v) is 5.61. The molecule has 23 heavy (non-hydrogen) atoms. The number of unbranched alkanes of at least 4 members (excludes halogenated alkanes) is 1. The lowest BCUT2D eigenvalue weighted by molar-refractivity contribution is -0.120. The van der Waals surface area contributed by atoms with Crippen molar-refractivity contribution in [3.8, 4) is 0 Å². The van der Waals surface area contributed by atoms with Crippen LogP contribution in [0.3, 0.4) is 0 Å². The second kappa shape index (κ2) is 9.97. The van der Waals surface area contributed by atoms with E-state index in [9.17, 15) is 9.59 Å². The highest BCUT2D eigenvalue weighted by atomic mass is 16.5. The first kappa shape index (κ1) is 17.4. The van der Waals surface area contributed by atoms with Gasteiger partial charge in [0.15, 0.2) is 5.78 Å². The molecule has 2 rings (SSSR count). The van der Waals surface area contributed by atoms with E-state index in [1.807, 2.05) is 18.2 Å². The van der Waals surface area contributed by atoms with Gasteiger partial charge in [-0.2, -0.15) is 0 Å². The fourth-order valence-electron chi connectivity index (χ4n) is 2.46. The van der Waals surface area contributed by atoms with Crippen LogP contribution in [0.2, 0.25) is 0 Å². The Morgan fingerprint density at radius 2 is 2.00 bits per heavy atom. The zero-order valence-electron chi connectivity index (χ0n) is 13.3. The van der Waals surface area contributed by atoms with Gasteiger partial charge in [-0.25, -0.2) is 4.79 Å². The van der Waals surface area contributed by atoms with Crippen LogP contribution < -0.4 is 16.0 Å². The summed E-state index contributed by atoms with van der Waals surface area (Å²) in [5, 5.41) is 8.76. The smallest absolute Gasteiger partial charge is 0.407 e. The van der Waals surface area contributed by atoms with Crippen LogP contribution in [0.25, 0.3) is 0 Å². The monoisotopic (exact) mass is 319 g/mol. The molecule has 1 atom stereocenters. The molecule has 1 unspecified atom stereocenters. The summed E-state index contributed by atoms with van der Waals surface area (Å²) < 4.78 is 5.08.